The van der Waals surface area contributed by atoms with Crippen molar-refractivity contribution in [2.75, 3.05) is 32.7 Å². The molecule has 164 valence electrons. The van der Waals surface area contributed by atoms with Gasteiger partial charge < -0.3 is 10.2 Å². The molecule has 2 aliphatic rings. The number of halogens is 1. The lowest BCUT2D eigenvalue weighted by atomic mass is 9.95. The lowest BCUT2D eigenvalue weighted by molar-refractivity contribution is -0.132. The number of carbonyl (C=O) groups excluding carboxylic acids is 1. The number of hydrogen-bond donors (Lipinski definition) is 1. The van der Waals surface area contributed by atoms with Crippen molar-refractivity contribution >= 4 is 5.91 Å². The lowest BCUT2D eigenvalue weighted by Gasteiger charge is -2.32. The zero-order chi connectivity index (χ0) is 21.4. The number of allylic oxidation sites excluding steroid dienone is 5. The Labute approximate surface area is 176 Å². The van der Waals surface area contributed by atoms with Crippen molar-refractivity contribution in [3.8, 4) is 0 Å². The van der Waals surface area contributed by atoms with E-state index in [1.165, 1.54) is 12.8 Å². The van der Waals surface area contributed by atoms with Crippen molar-refractivity contribution in [3.05, 3.63) is 35.3 Å². The molecule has 0 radical (unpaired) electrons. The Morgan fingerprint density at radius 3 is 2.59 bits per heavy atom. The number of hydrogen-bond acceptors (Lipinski definition) is 3. The number of piperidine rings is 1. The van der Waals surface area contributed by atoms with Gasteiger partial charge in [-0.05, 0) is 76.6 Å². The SMILES string of the molecule is CCN(CCC(C)C1=C(F)CC=C(NC(C)C)C=C1)C(=O)CN1CCC(C)CC1. The number of rotatable bonds is 9. The summed E-state index contributed by atoms with van der Waals surface area (Å²) >= 11 is 0. The van der Waals surface area contributed by atoms with E-state index in [0.717, 1.165) is 36.7 Å². The van der Waals surface area contributed by atoms with Gasteiger partial charge in [0, 0.05) is 31.2 Å². The van der Waals surface area contributed by atoms with Crippen LogP contribution >= 0.6 is 0 Å². The number of carbonyl (C=O) groups is 1. The fraction of sp³-hybridized carbons (Fsp3) is 0.708. The maximum Gasteiger partial charge on any atom is 0.236 e. The Hall–Kier alpha value is -1.62. The van der Waals surface area contributed by atoms with Crippen molar-refractivity contribution in [1.82, 2.24) is 15.1 Å². The summed E-state index contributed by atoms with van der Waals surface area (Å²) in [4.78, 5) is 17.0. The van der Waals surface area contributed by atoms with Gasteiger partial charge in [-0.25, -0.2) is 4.39 Å². The predicted molar refractivity (Wildman–Crippen MR) is 119 cm³/mol. The van der Waals surface area contributed by atoms with E-state index in [4.69, 9.17) is 0 Å². The predicted octanol–water partition coefficient (Wildman–Crippen LogP) is 4.66. The summed E-state index contributed by atoms with van der Waals surface area (Å²) in [5.41, 5.74) is 1.73. The minimum atomic E-state index is -0.0638. The van der Waals surface area contributed by atoms with Crippen molar-refractivity contribution in [3.63, 3.8) is 0 Å². The molecule has 2 rings (SSSR count). The van der Waals surface area contributed by atoms with E-state index in [9.17, 15) is 9.18 Å². The molecule has 1 aliphatic carbocycles. The van der Waals surface area contributed by atoms with Crippen molar-refractivity contribution < 1.29 is 9.18 Å². The molecule has 0 aromatic carbocycles. The van der Waals surface area contributed by atoms with E-state index < -0.39 is 0 Å². The molecule has 4 nitrogen and oxygen atoms in total. The van der Waals surface area contributed by atoms with Gasteiger partial charge in [-0.1, -0.05) is 26.0 Å². The van der Waals surface area contributed by atoms with E-state index in [1.54, 1.807) is 0 Å². The van der Waals surface area contributed by atoms with Gasteiger partial charge in [0.05, 0.1) is 6.54 Å². The fourth-order valence-corrected chi connectivity index (χ4v) is 4.00. The van der Waals surface area contributed by atoms with Crippen molar-refractivity contribution in [2.45, 2.75) is 66.3 Å². The zero-order valence-electron chi connectivity index (χ0n) is 19.0. The Bertz CT molecular complexity index is 630. The van der Waals surface area contributed by atoms with Crippen LogP contribution in [0, 0.1) is 11.8 Å². The van der Waals surface area contributed by atoms with Gasteiger partial charge in [0.25, 0.3) is 0 Å². The van der Waals surface area contributed by atoms with E-state index >= 15 is 0 Å². The van der Waals surface area contributed by atoms with Gasteiger partial charge in [-0.2, -0.15) is 0 Å². The summed E-state index contributed by atoms with van der Waals surface area (Å²) < 4.78 is 14.6. The number of amides is 1. The summed E-state index contributed by atoms with van der Waals surface area (Å²) in [6.45, 7) is 14.5. The first-order valence-electron chi connectivity index (χ1n) is 11.3. The van der Waals surface area contributed by atoms with Gasteiger partial charge in [0.1, 0.15) is 5.83 Å². The molecule has 1 heterocycles. The molecule has 1 aliphatic heterocycles. The lowest BCUT2D eigenvalue weighted by Crippen LogP contribution is -2.43. The van der Waals surface area contributed by atoms with Crippen LogP contribution in [0.4, 0.5) is 4.39 Å². The van der Waals surface area contributed by atoms with Gasteiger partial charge in [-0.3, -0.25) is 9.69 Å². The van der Waals surface area contributed by atoms with Crippen LogP contribution in [0.1, 0.15) is 60.3 Å². The molecule has 1 atom stereocenters. The summed E-state index contributed by atoms with van der Waals surface area (Å²) in [6.07, 6.45) is 9.24. The third kappa shape index (κ3) is 7.61. The highest BCUT2D eigenvalue weighted by Crippen LogP contribution is 2.27. The van der Waals surface area contributed by atoms with Crippen molar-refractivity contribution in [1.29, 1.82) is 0 Å². The molecule has 0 aromatic heterocycles. The second-order valence-corrected chi connectivity index (χ2v) is 8.98. The molecule has 1 fully saturated rings. The summed E-state index contributed by atoms with van der Waals surface area (Å²) in [6, 6.07) is 0.320. The highest BCUT2D eigenvalue weighted by molar-refractivity contribution is 5.78. The fourth-order valence-electron chi connectivity index (χ4n) is 4.00. The summed E-state index contributed by atoms with van der Waals surface area (Å²) in [5, 5.41) is 3.34. The molecule has 0 saturated carbocycles. The minimum Gasteiger partial charge on any atom is -0.383 e. The Morgan fingerprint density at radius 1 is 1.28 bits per heavy atom. The van der Waals surface area contributed by atoms with Crippen LogP contribution in [-0.2, 0) is 4.79 Å². The average molecular weight is 406 g/mol. The Balaban J connectivity index is 1.87. The molecule has 0 bridgehead atoms. The molecular formula is C24H40FN3O. The number of likely N-dealkylation sites (N-methyl/N-ethyl adjacent to an activating group) is 1. The van der Waals surface area contributed by atoms with Crippen LogP contribution in [-0.4, -0.2) is 54.5 Å². The van der Waals surface area contributed by atoms with E-state index in [-0.39, 0.29) is 17.7 Å². The Kier molecular flexibility index (Phi) is 9.41. The number of nitrogens with zero attached hydrogens (tertiary/aromatic N) is 2. The second kappa shape index (κ2) is 11.5. The smallest absolute Gasteiger partial charge is 0.236 e. The van der Waals surface area contributed by atoms with E-state index in [1.807, 2.05) is 30.1 Å². The number of nitrogens with one attached hydrogen (secondary N) is 1. The highest BCUT2D eigenvalue weighted by Gasteiger charge is 2.22. The van der Waals surface area contributed by atoms with Crippen LogP contribution in [0.25, 0.3) is 0 Å². The van der Waals surface area contributed by atoms with Gasteiger partial charge >= 0.3 is 0 Å². The maximum absolute atomic E-state index is 14.6. The summed E-state index contributed by atoms with van der Waals surface area (Å²) in [7, 11) is 0. The van der Waals surface area contributed by atoms with Gasteiger partial charge in [-0.15, -0.1) is 0 Å². The molecule has 1 N–H and O–H groups in total. The molecule has 0 aromatic rings. The van der Waals surface area contributed by atoms with E-state index in [0.29, 0.717) is 32.1 Å². The average Bonchev–Trinajstić information content (AvgIpc) is 2.85. The van der Waals surface area contributed by atoms with Crippen LogP contribution in [0.5, 0.6) is 0 Å². The molecule has 29 heavy (non-hydrogen) atoms. The van der Waals surface area contributed by atoms with Gasteiger partial charge in [0.2, 0.25) is 5.91 Å². The second-order valence-electron chi connectivity index (χ2n) is 8.98. The van der Waals surface area contributed by atoms with Crippen molar-refractivity contribution in [2.24, 2.45) is 11.8 Å². The molecular weight excluding hydrogens is 365 g/mol. The largest absolute Gasteiger partial charge is 0.383 e. The van der Waals surface area contributed by atoms with Crippen LogP contribution in [0.3, 0.4) is 0 Å². The minimum absolute atomic E-state index is 0.0638. The van der Waals surface area contributed by atoms with Crippen LogP contribution < -0.4 is 5.32 Å². The quantitative estimate of drug-likeness (QED) is 0.606. The topological polar surface area (TPSA) is 35.6 Å². The van der Waals surface area contributed by atoms with E-state index in [2.05, 4.69) is 37.9 Å². The summed E-state index contributed by atoms with van der Waals surface area (Å²) in [5.74, 6) is 0.984. The third-order valence-corrected chi connectivity index (χ3v) is 6.04. The monoisotopic (exact) mass is 405 g/mol. The first-order chi connectivity index (χ1) is 13.8. The highest BCUT2D eigenvalue weighted by atomic mass is 19.1. The first-order valence-corrected chi connectivity index (χ1v) is 11.3. The molecule has 0 spiro atoms. The maximum atomic E-state index is 14.6. The molecule has 1 amide bonds. The standard InChI is InChI=1S/C24H40FN3O/c1-6-28(24(29)17-27-14-11-19(4)12-15-27)16-13-20(5)22-9-7-21(26-18(2)3)8-10-23(22)25/h7-9,18-20,26H,6,10-17H2,1-5H3. The molecule has 5 heteroatoms. The van der Waals surface area contributed by atoms with Crippen LogP contribution in [0.15, 0.2) is 35.3 Å². The normalized spacial score (nSPS) is 19.9. The Morgan fingerprint density at radius 2 is 1.97 bits per heavy atom. The zero-order valence-corrected chi connectivity index (χ0v) is 19.0. The first kappa shape index (κ1) is 23.7. The number of likely N-dealkylation sites (tertiary alicyclic amines) is 1. The third-order valence-electron chi connectivity index (χ3n) is 6.04. The molecule has 1 saturated heterocycles. The van der Waals surface area contributed by atoms with Gasteiger partial charge in [0.15, 0.2) is 0 Å². The molecule has 1 unspecified atom stereocenters. The van der Waals surface area contributed by atoms with Crippen LogP contribution in [0.2, 0.25) is 0 Å².